The molecule has 0 atom stereocenters. The van der Waals surface area contributed by atoms with Gasteiger partial charge in [0, 0.05) is 0 Å². The molecule has 0 aliphatic heterocycles. The number of hydrogen-bond acceptors (Lipinski definition) is 7. The van der Waals surface area contributed by atoms with Crippen molar-refractivity contribution in [2.45, 2.75) is 26.3 Å². The number of aromatic nitrogens is 5. The van der Waals surface area contributed by atoms with Crippen LogP contribution in [0.2, 0.25) is 0 Å². The van der Waals surface area contributed by atoms with Crippen molar-refractivity contribution in [3.05, 3.63) is 23.6 Å². The van der Waals surface area contributed by atoms with E-state index in [1.165, 1.54) is 13.5 Å². The molecule has 0 amide bonds. The summed E-state index contributed by atoms with van der Waals surface area (Å²) in [4.78, 5) is 15.4. The minimum atomic E-state index is -0.488. The second-order valence-electron chi connectivity index (χ2n) is 3.63. The lowest BCUT2D eigenvalue weighted by Crippen LogP contribution is -2.11. The first-order chi connectivity index (χ1) is 8.76. The molecule has 0 aliphatic rings. The van der Waals surface area contributed by atoms with Gasteiger partial charge in [0.05, 0.1) is 12.8 Å². The molecule has 0 saturated heterocycles. The molecule has 8 heteroatoms. The van der Waals surface area contributed by atoms with Gasteiger partial charge in [-0.25, -0.2) is 9.48 Å². The minimum absolute atomic E-state index is 0.239. The van der Waals surface area contributed by atoms with Gasteiger partial charge < -0.3 is 9.26 Å². The Labute approximate surface area is 103 Å². The molecule has 8 nitrogen and oxygen atoms in total. The molecule has 0 spiro atoms. The third-order valence-corrected chi connectivity index (χ3v) is 2.40. The Balaban J connectivity index is 2.29. The van der Waals surface area contributed by atoms with Gasteiger partial charge in [0.25, 0.3) is 0 Å². The fourth-order valence-electron chi connectivity index (χ4n) is 1.60. The number of nitrogens with zero attached hydrogens (tertiary/aromatic N) is 5. The first-order valence-corrected chi connectivity index (χ1v) is 5.52. The molecule has 0 aromatic carbocycles. The Morgan fingerprint density at radius 2 is 2.39 bits per heavy atom. The van der Waals surface area contributed by atoms with Crippen LogP contribution in [0, 0.1) is 0 Å². The van der Waals surface area contributed by atoms with E-state index in [1.807, 2.05) is 6.92 Å². The predicted molar refractivity (Wildman–Crippen MR) is 58.8 cm³/mol. The summed E-state index contributed by atoms with van der Waals surface area (Å²) >= 11 is 0. The molecule has 2 rings (SSSR count). The normalized spacial score (nSPS) is 10.6. The van der Waals surface area contributed by atoms with Crippen molar-refractivity contribution in [2.75, 3.05) is 7.11 Å². The summed E-state index contributed by atoms with van der Waals surface area (Å²) in [5, 5.41) is 11.5. The Morgan fingerprint density at radius 3 is 3.00 bits per heavy atom. The smallest absolute Gasteiger partial charge is 0.360 e. The van der Waals surface area contributed by atoms with Crippen molar-refractivity contribution in [3.63, 3.8) is 0 Å². The summed E-state index contributed by atoms with van der Waals surface area (Å²) < 4.78 is 10.9. The number of carbonyl (C=O) groups is 1. The van der Waals surface area contributed by atoms with Crippen molar-refractivity contribution < 1.29 is 14.1 Å². The highest BCUT2D eigenvalue weighted by Crippen LogP contribution is 2.11. The van der Waals surface area contributed by atoms with Crippen molar-refractivity contribution in [1.82, 2.24) is 25.1 Å². The zero-order valence-electron chi connectivity index (χ0n) is 10.2. The van der Waals surface area contributed by atoms with Crippen LogP contribution in [0.4, 0.5) is 0 Å². The molecule has 0 fully saturated rings. The van der Waals surface area contributed by atoms with E-state index in [0.717, 1.165) is 6.42 Å². The number of hydrogen-bond donors (Lipinski definition) is 0. The molecular formula is C10H13N5O3. The summed E-state index contributed by atoms with van der Waals surface area (Å²) in [6, 6.07) is 0. The molecule has 18 heavy (non-hydrogen) atoms. The second kappa shape index (κ2) is 5.39. The number of rotatable bonds is 5. The molecule has 0 saturated carbocycles. The summed E-state index contributed by atoms with van der Waals surface area (Å²) in [6.07, 6.45) is 2.78. The quantitative estimate of drug-likeness (QED) is 0.711. The molecule has 2 aromatic rings. The summed E-state index contributed by atoms with van der Waals surface area (Å²) in [7, 11) is 1.32. The van der Waals surface area contributed by atoms with E-state index in [0.29, 0.717) is 24.5 Å². The van der Waals surface area contributed by atoms with Gasteiger partial charge in [0.1, 0.15) is 6.54 Å². The highest BCUT2D eigenvalue weighted by atomic mass is 16.5. The first kappa shape index (κ1) is 12.2. The van der Waals surface area contributed by atoms with Gasteiger partial charge in [0.2, 0.25) is 6.39 Å². The molecular weight excluding hydrogens is 238 g/mol. The van der Waals surface area contributed by atoms with Crippen LogP contribution in [0.15, 0.2) is 10.9 Å². The fourth-order valence-corrected chi connectivity index (χ4v) is 1.60. The van der Waals surface area contributed by atoms with Gasteiger partial charge in [-0.15, -0.1) is 5.10 Å². The van der Waals surface area contributed by atoms with Crippen molar-refractivity contribution in [2.24, 2.45) is 0 Å². The molecule has 0 aliphatic carbocycles. The molecule has 0 bridgehead atoms. The lowest BCUT2D eigenvalue weighted by Gasteiger charge is -2.03. The summed E-state index contributed by atoms with van der Waals surface area (Å²) in [5.74, 6) is -0.00789. The molecule has 2 aromatic heterocycles. The lowest BCUT2D eigenvalue weighted by atomic mass is 10.2. The van der Waals surface area contributed by atoms with E-state index in [4.69, 9.17) is 0 Å². The SMILES string of the molecule is CCCc1c(C(=O)OC)nnn1Cc1ncon1. The van der Waals surface area contributed by atoms with Gasteiger partial charge in [-0.2, -0.15) is 4.98 Å². The molecule has 0 radical (unpaired) electrons. The van der Waals surface area contributed by atoms with Gasteiger partial charge in [-0.05, 0) is 6.42 Å². The van der Waals surface area contributed by atoms with E-state index >= 15 is 0 Å². The summed E-state index contributed by atoms with van der Waals surface area (Å²) in [6.45, 7) is 2.32. The largest absolute Gasteiger partial charge is 0.464 e. The van der Waals surface area contributed by atoms with Crippen molar-refractivity contribution in [1.29, 1.82) is 0 Å². The number of methoxy groups -OCH3 is 1. The monoisotopic (exact) mass is 251 g/mol. The Bertz CT molecular complexity index is 520. The van der Waals surface area contributed by atoms with E-state index in [1.54, 1.807) is 4.68 Å². The Morgan fingerprint density at radius 1 is 1.56 bits per heavy atom. The van der Waals surface area contributed by atoms with E-state index in [-0.39, 0.29) is 5.69 Å². The predicted octanol–water partition coefficient (Wildman–Crippen LogP) is 0.448. The third kappa shape index (κ3) is 2.36. The van der Waals surface area contributed by atoms with E-state index in [2.05, 4.69) is 29.7 Å². The maximum absolute atomic E-state index is 11.5. The van der Waals surface area contributed by atoms with Gasteiger partial charge in [0.15, 0.2) is 11.5 Å². The van der Waals surface area contributed by atoms with Gasteiger partial charge >= 0.3 is 5.97 Å². The average Bonchev–Trinajstić information content (AvgIpc) is 3.01. The number of ether oxygens (including phenoxy) is 1. The number of carbonyl (C=O) groups excluding carboxylic acids is 1. The second-order valence-corrected chi connectivity index (χ2v) is 3.63. The maximum Gasteiger partial charge on any atom is 0.360 e. The van der Waals surface area contributed by atoms with Crippen LogP contribution in [0.3, 0.4) is 0 Å². The average molecular weight is 251 g/mol. The number of esters is 1. The van der Waals surface area contributed by atoms with Crippen LogP contribution < -0.4 is 0 Å². The third-order valence-electron chi connectivity index (χ3n) is 2.40. The highest BCUT2D eigenvalue weighted by Gasteiger charge is 2.20. The zero-order chi connectivity index (χ0) is 13.0. The molecule has 96 valence electrons. The van der Waals surface area contributed by atoms with Crippen LogP contribution in [0.1, 0.15) is 35.4 Å². The van der Waals surface area contributed by atoms with Gasteiger partial charge in [-0.1, -0.05) is 23.7 Å². The topological polar surface area (TPSA) is 95.9 Å². The van der Waals surface area contributed by atoms with E-state index < -0.39 is 5.97 Å². The molecule has 0 N–H and O–H groups in total. The van der Waals surface area contributed by atoms with Crippen molar-refractivity contribution >= 4 is 5.97 Å². The van der Waals surface area contributed by atoms with Crippen LogP contribution in [0.5, 0.6) is 0 Å². The van der Waals surface area contributed by atoms with Crippen LogP contribution >= 0.6 is 0 Å². The minimum Gasteiger partial charge on any atom is -0.464 e. The highest BCUT2D eigenvalue weighted by molar-refractivity contribution is 5.88. The van der Waals surface area contributed by atoms with Gasteiger partial charge in [-0.3, -0.25) is 0 Å². The standard InChI is InChI=1S/C10H13N5O3/c1-3-4-7-9(10(16)17-2)12-14-15(7)5-8-11-6-18-13-8/h6H,3-5H2,1-2H3. The molecule has 2 heterocycles. The molecule has 0 unspecified atom stereocenters. The Hall–Kier alpha value is -2.25. The van der Waals surface area contributed by atoms with Crippen molar-refractivity contribution in [3.8, 4) is 0 Å². The first-order valence-electron chi connectivity index (χ1n) is 5.52. The van der Waals surface area contributed by atoms with E-state index in [9.17, 15) is 4.79 Å². The van der Waals surface area contributed by atoms with Crippen LogP contribution in [-0.4, -0.2) is 38.2 Å². The van der Waals surface area contributed by atoms with Crippen LogP contribution in [0.25, 0.3) is 0 Å². The Kier molecular flexibility index (Phi) is 3.66. The fraction of sp³-hybridized carbons (Fsp3) is 0.500. The summed E-state index contributed by atoms with van der Waals surface area (Å²) in [5.41, 5.74) is 0.956. The maximum atomic E-state index is 11.5. The zero-order valence-corrected chi connectivity index (χ0v) is 10.2. The lowest BCUT2D eigenvalue weighted by molar-refractivity contribution is 0.0592. The van der Waals surface area contributed by atoms with Crippen LogP contribution in [-0.2, 0) is 17.7 Å².